The second-order valence-corrected chi connectivity index (χ2v) is 5.33. The lowest BCUT2D eigenvalue weighted by Crippen LogP contribution is -2.56. The van der Waals surface area contributed by atoms with E-state index in [2.05, 4.69) is 0 Å². The summed E-state index contributed by atoms with van der Waals surface area (Å²) in [6.07, 6.45) is 2.88. The molecule has 1 aliphatic carbocycles. The van der Waals surface area contributed by atoms with Crippen LogP contribution in [0.2, 0.25) is 0 Å². The maximum absolute atomic E-state index is 11.3. The van der Waals surface area contributed by atoms with Crippen molar-refractivity contribution in [3.8, 4) is 0 Å². The Balaban J connectivity index is 2.01. The molecule has 0 bridgehead atoms. The van der Waals surface area contributed by atoms with E-state index < -0.39 is 11.4 Å². The van der Waals surface area contributed by atoms with Crippen LogP contribution >= 0.6 is 0 Å². The molecule has 7 heteroatoms. The van der Waals surface area contributed by atoms with Crippen molar-refractivity contribution < 1.29 is 23.7 Å². The topological polar surface area (TPSA) is 106 Å². The molecule has 0 spiro atoms. The van der Waals surface area contributed by atoms with Gasteiger partial charge in [0.1, 0.15) is 0 Å². The largest absolute Gasteiger partial charge is 0.382 e. The molecule has 4 N–H and O–H groups in total. The molecule has 2 atom stereocenters. The summed E-state index contributed by atoms with van der Waals surface area (Å²) in [5, 5.41) is 0. The van der Waals surface area contributed by atoms with Gasteiger partial charge in [0, 0.05) is 13.5 Å². The molecule has 7 nitrogen and oxygen atoms in total. The quantitative estimate of drug-likeness (QED) is 0.512. The first-order chi connectivity index (χ1) is 10.1. The second-order valence-electron chi connectivity index (χ2n) is 5.33. The molecule has 0 aromatic heterocycles. The van der Waals surface area contributed by atoms with Crippen LogP contribution in [0.1, 0.15) is 25.7 Å². The Morgan fingerprint density at radius 1 is 1.14 bits per heavy atom. The smallest absolute Gasteiger partial charge is 0.237 e. The first kappa shape index (κ1) is 18.3. The van der Waals surface area contributed by atoms with Crippen molar-refractivity contribution in [3.63, 3.8) is 0 Å². The molecule has 0 aliphatic heterocycles. The zero-order valence-electron chi connectivity index (χ0n) is 12.8. The van der Waals surface area contributed by atoms with Gasteiger partial charge in [-0.15, -0.1) is 0 Å². The number of methoxy groups -OCH3 is 1. The SMILES string of the molecule is COCCOCCOCCOC1CCCC(N)(C(N)=O)C1. The Bertz CT molecular complexity index is 303. The number of nitrogens with two attached hydrogens (primary N) is 2. The average molecular weight is 304 g/mol. The van der Waals surface area contributed by atoms with E-state index in [1.54, 1.807) is 7.11 Å². The van der Waals surface area contributed by atoms with E-state index in [-0.39, 0.29) is 6.10 Å². The highest BCUT2D eigenvalue weighted by Gasteiger charge is 2.38. The van der Waals surface area contributed by atoms with E-state index in [0.29, 0.717) is 52.5 Å². The lowest BCUT2D eigenvalue weighted by atomic mass is 9.80. The number of rotatable bonds is 11. The molecule has 2 unspecified atom stereocenters. The first-order valence-electron chi connectivity index (χ1n) is 7.43. The third-order valence-corrected chi connectivity index (χ3v) is 3.62. The van der Waals surface area contributed by atoms with Gasteiger partial charge in [-0.2, -0.15) is 0 Å². The van der Waals surface area contributed by atoms with E-state index in [4.69, 9.17) is 30.4 Å². The zero-order chi connectivity index (χ0) is 15.6. The number of ether oxygens (including phenoxy) is 4. The van der Waals surface area contributed by atoms with Crippen LogP contribution in [0.25, 0.3) is 0 Å². The summed E-state index contributed by atoms with van der Waals surface area (Å²) >= 11 is 0. The molecule has 1 rings (SSSR count). The van der Waals surface area contributed by atoms with Crippen LogP contribution in [-0.2, 0) is 23.7 Å². The zero-order valence-corrected chi connectivity index (χ0v) is 12.8. The number of carbonyl (C=O) groups excluding carboxylic acids is 1. The van der Waals surface area contributed by atoms with E-state index in [9.17, 15) is 4.79 Å². The van der Waals surface area contributed by atoms with E-state index in [1.807, 2.05) is 0 Å². The molecule has 0 heterocycles. The van der Waals surface area contributed by atoms with Crippen molar-refractivity contribution in [1.29, 1.82) is 0 Å². The molecule has 0 radical (unpaired) electrons. The second kappa shape index (κ2) is 10.1. The number of primary amides is 1. The van der Waals surface area contributed by atoms with Crippen molar-refractivity contribution in [2.45, 2.75) is 37.3 Å². The minimum atomic E-state index is -0.918. The average Bonchev–Trinajstić information content (AvgIpc) is 2.45. The molecule has 1 fully saturated rings. The fraction of sp³-hybridized carbons (Fsp3) is 0.929. The van der Waals surface area contributed by atoms with Crippen LogP contribution in [0.3, 0.4) is 0 Å². The monoisotopic (exact) mass is 304 g/mol. The summed E-state index contributed by atoms with van der Waals surface area (Å²) < 4.78 is 21.2. The van der Waals surface area contributed by atoms with Crippen LogP contribution in [0.15, 0.2) is 0 Å². The predicted molar refractivity (Wildman–Crippen MR) is 77.8 cm³/mol. The van der Waals surface area contributed by atoms with Gasteiger partial charge in [0.2, 0.25) is 5.91 Å². The summed E-state index contributed by atoms with van der Waals surface area (Å²) in [5.74, 6) is -0.444. The van der Waals surface area contributed by atoms with Gasteiger partial charge >= 0.3 is 0 Å². The molecule has 1 amide bonds. The van der Waals surface area contributed by atoms with E-state index in [1.165, 1.54) is 0 Å². The Labute approximate surface area is 126 Å². The van der Waals surface area contributed by atoms with Crippen LogP contribution in [-0.4, -0.2) is 64.3 Å². The van der Waals surface area contributed by atoms with Gasteiger partial charge in [-0.05, 0) is 19.3 Å². The lowest BCUT2D eigenvalue weighted by Gasteiger charge is -2.35. The number of amides is 1. The normalized spacial score (nSPS) is 25.9. The van der Waals surface area contributed by atoms with Crippen LogP contribution in [0, 0.1) is 0 Å². The Hall–Kier alpha value is -0.730. The lowest BCUT2D eigenvalue weighted by molar-refractivity contribution is -0.126. The van der Waals surface area contributed by atoms with Gasteiger partial charge in [-0.3, -0.25) is 4.79 Å². The fourth-order valence-corrected chi connectivity index (χ4v) is 2.36. The fourth-order valence-electron chi connectivity index (χ4n) is 2.36. The van der Waals surface area contributed by atoms with Gasteiger partial charge in [0.15, 0.2) is 0 Å². The van der Waals surface area contributed by atoms with Crippen molar-refractivity contribution in [3.05, 3.63) is 0 Å². The number of carbonyl (C=O) groups is 1. The van der Waals surface area contributed by atoms with Gasteiger partial charge < -0.3 is 30.4 Å². The van der Waals surface area contributed by atoms with Crippen molar-refractivity contribution in [2.24, 2.45) is 11.5 Å². The molecular formula is C14H28N2O5. The number of hydrogen-bond acceptors (Lipinski definition) is 6. The molecule has 0 aromatic carbocycles. The third-order valence-electron chi connectivity index (χ3n) is 3.62. The van der Waals surface area contributed by atoms with Gasteiger partial charge in [-0.25, -0.2) is 0 Å². The van der Waals surface area contributed by atoms with Gasteiger partial charge in [-0.1, -0.05) is 0 Å². The van der Waals surface area contributed by atoms with Crippen molar-refractivity contribution in [2.75, 3.05) is 46.8 Å². The molecule has 1 saturated carbocycles. The molecule has 0 saturated heterocycles. The summed E-state index contributed by atoms with van der Waals surface area (Å²) in [7, 11) is 1.64. The minimum absolute atomic E-state index is 0.0159. The number of hydrogen-bond donors (Lipinski definition) is 2. The molecule has 0 aromatic rings. The minimum Gasteiger partial charge on any atom is -0.382 e. The first-order valence-corrected chi connectivity index (χ1v) is 7.43. The highest BCUT2D eigenvalue weighted by molar-refractivity contribution is 5.84. The van der Waals surface area contributed by atoms with Crippen LogP contribution in [0.4, 0.5) is 0 Å². The van der Waals surface area contributed by atoms with Gasteiger partial charge in [0.05, 0.1) is 51.3 Å². The van der Waals surface area contributed by atoms with Crippen LogP contribution in [0.5, 0.6) is 0 Å². The van der Waals surface area contributed by atoms with Crippen LogP contribution < -0.4 is 11.5 Å². The maximum Gasteiger partial charge on any atom is 0.237 e. The maximum atomic E-state index is 11.3. The van der Waals surface area contributed by atoms with Crippen molar-refractivity contribution in [1.82, 2.24) is 0 Å². The Morgan fingerprint density at radius 2 is 1.76 bits per heavy atom. The summed E-state index contributed by atoms with van der Waals surface area (Å²) in [6, 6.07) is 0. The van der Waals surface area contributed by atoms with Gasteiger partial charge in [0.25, 0.3) is 0 Å². The highest BCUT2D eigenvalue weighted by atomic mass is 16.6. The molecule has 21 heavy (non-hydrogen) atoms. The summed E-state index contributed by atoms with van der Waals surface area (Å²) in [4.78, 5) is 11.3. The molecule has 124 valence electrons. The molecule has 1 aliphatic rings. The van der Waals surface area contributed by atoms with Crippen molar-refractivity contribution >= 4 is 5.91 Å². The summed E-state index contributed by atoms with van der Waals surface area (Å²) in [5.41, 5.74) is 10.4. The summed E-state index contributed by atoms with van der Waals surface area (Å²) in [6.45, 7) is 3.21. The Kier molecular flexibility index (Phi) is 8.79. The standard InChI is InChI=1S/C14H28N2O5/c1-18-5-6-19-7-8-20-9-10-21-12-3-2-4-14(16,11-12)13(15)17/h12H,2-11,16H2,1H3,(H2,15,17). The van der Waals surface area contributed by atoms with E-state index >= 15 is 0 Å². The third kappa shape index (κ3) is 7.19. The molecular weight excluding hydrogens is 276 g/mol. The Morgan fingerprint density at radius 3 is 2.38 bits per heavy atom. The predicted octanol–water partition coefficient (Wildman–Crippen LogP) is -0.192. The highest BCUT2D eigenvalue weighted by Crippen LogP contribution is 2.27. The van der Waals surface area contributed by atoms with E-state index in [0.717, 1.165) is 12.8 Å².